The molecule has 9 heteroatoms. The van der Waals surface area contributed by atoms with Crippen LogP contribution in [0.5, 0.6) is 17.2 Å². The van der Waals surface area contributed by atoms with Crippen molar-refractivity contribution < 1.29 is 24.2 Å². The van der Waals surface area contributed by atoms with Gasteiger partial charge in [-0.1, -0.05) is 30.0 Å². The molecule has 0 atom stereocenters. The van der Waals surface area contributed by atoms with E-state index in [0.717, 1.165) is 16.8 Å². The first-order chi connectivity index (χ1) is 13.4. The van der Waals surface area contributed by atoms with Crippen molar-refractivity contribution >= 4 is 46.2 Å². The zero-order chi connectivity index (χ0) is 20.3. The van der Waals surface area contributed by atoms with Gasteiger partial charge in [-0.05, 0) is 48.1 Å². The number of nitrogens with zero attached hydrogens (tertiary/aromatic N) is 1. The lowest BCUT2D eigenvalue weighted by Crippen LogP contribution is -2.44. The fourth-order valence-electron chi connectivity index (χ4n) is 2.49. The summed E-state index contributed by atoms with van der Waals surface area (Å²) in [5, 5.41) is 10.8. The number of carbonyl (C=O) groups excluding carboxylic acids is 2. The van der Waals surface area contributed by atoms with Crippen LogP contribution < -0.4 is 14.9 Å². The minimum atomic E-state index is -0.637. The number of aromatic hydroxyl groups is 1. The van der Waals surface area contributed by atoms with Crippen LogP contribution in [0.4, 0.5) is 0 Å². The van der Waals surface area contributed by atoms with Crippen molar-refractivity contribution in [1.82, 2.24) is 10.4 Å². The number of hydrogen-bond acceptors (Lipinski definition) is 7. The first-order valence-corrected chi connectivity index (χ1v) is 9.26. The summed E-state index contributed by atoms with van der Waals surface area (Å²) in [4.78, 5) is 25.4. The molecule has 2 amide bonds. The summed E-state index contributed by atoms with van der Waals surface area (Å²) in [6.07, 6.45) is 1.65. The van der Waals surface area contributed by atoms with E-state index in [9.17, 15) is 14.7 Å². The predicted octanol–water partition coefficient (Wildman–Crippen LogP) is 2.96. The topological polar surface area (TPSA) is 88.1 Å². The second-order valence-corrected chi connectivity index (χ2v) is 7.27. The highest BCUT2D eigenvalue weighted by Gasteiger charge is 2.34. The number of hydrogen-bond donors (Lipinski definition) is 2. The molecule has 0 bridgehead atoms. The third-order valence-corrected chi connectivity index (χ3v) is 5.16. The van der Waals surface area contributed by atoms with E-state index in [1.54, 1.807) is 36.4 Å². The van der Waals surface area contributed by atoms with Crippen molar-refractivity contribution in [3.05, 3.63) is 58.5 Å². The quantitative estimate of drug-likeness (QED) is 0.572. The number of carbonyl (C=O) groups is 2. The third kappa shape index (κ3) is 3.95. The van der Waals surface area contributed by atoms with Crippen molar-refractivity contribution in [2.45, 2.75) is 0 Å². The largest absolute Gasteiger partial charge is 0.507 e. The van der Waals surface area contributed by atoms with Gasteiger partial charge in [0, 0.05) is 0 Å². The van der Waals surface area contributed by atoms with E-state index in [4.69, 9.17) is 21.7 Å². The van der Waals surface area contributed by atoms with Gasteiger partial charge in [0.2, 0.25) is 0 Å². The molecular formula is C19H16N2O5S2. The van der Waals surface area contributed by atoms with Crippen molar-refractivity contribution in [3.63, 3.8) is 0 Å². The van der Waals surface area contributed by atoms with Crippen LogP contribution in [0.1, 0.15) is 15.9 Å². The Morgan fingerprint density at radius 2 is 1.89 bits per heavy atom. The number of thiocarbonyl (C=S) groups is 1. The first-order valence-electron chi connectivity index (χ1n) is 8.03. The molecule has 3 rings (SSSR count). The summed E-state index contributed by atoms with van der Waals surface area (Å²) in [5.41, 5.74) is 3.18. The Bertz CT molecular complexity index is 990. The van der Waals surface area contributed by atoms with Crippen molar-refractivity contribution in [2.75, 3.05) is 14.2 Å². The van der Waals surface area contributed by atoms with Crippen LogP contribution in [0, 0.1) is 0 Å². The molecule has 0 aromatic heterocycles. The predicted molar refractivity (Wildman–Crippen MR) is 110 cm³/mol. The van der Waals surface area contributed by atoms with Gasteiger partial charge in [0.1, 0.15) is 5.75 Å². The van der Waals surface area contributed by atoms with E-state index in [0.29, 0.717) is 22.0 Å². The van der Waals surface area contributed by atoms with Gasteiger partial charge in [0.25, 0.3) is 11.8 Å². The van der Waals surface area contributed by atoms with Gasteiger partial charge >= 0.3 is 0 Å². The summed E-state index contributed by atoms with van der Waals surface area (Å²) < 4.78 is 10.6. The second-order valence-electron chi connectivity index (χ2n) is 5.59. The number of thioether (sulfide) groups is 1. The highest BCUT2D eigenvalue weighted by molar-refractivity contribution is 8.26. The molecule has 144 valence electrons. The number of benzene rings is 2. The minimum Gasteiger partial charge on any atom is -0.507 e. The van der Waals surface area contributed by atoms with Crippen LogP contribution in [0.25, 0.3) is 6.08 Å². The van der Waals surface area contributed by atoms with Crippen LogP contribution in [0.15, 0.2) is 47.4 Å². The molecule has 1 aliphatic heterocycles. The van der Waals surface area contributed by atoms with Gasteiger partial charge in [-0.25, -0.2) is 0 Å². The number of phenols is 1. The molecule has 0 radical (unpaired) electrons. The average Bonchev–Trinajstić information content (AvgIpc) is 2.95. The van der Waals surface area contributed by atoms with Crippen LogP contribution in [-0.4, -0.2) is 40.5 Å². The number of nitrogens with one attached hydrogen (secondary N) is 1. The van der Waals surface area contributed by atoms with Crippen LogP contribution in [-0.2, 0) is 4.79 Å². The molecule has 2 aromatic rings. The molecule has 2 N–H and O–H groups in total. The summed E-state index contributed by atoms with van der Waals surface area (Å²) in [7, 11) is 3.06. The van der Waals surface area contributed by atoms with Crippen LogP contribution in [0.2, 0.25) is 0 Å². The van der Waals surface area contributed by atoms with Gasteiger partial charge in [-0.3, -0.25) is 15.0 Å². The number of para-hydroxylation sites is 1. The standard InChI is InChI=1S/C19H16N2O5S2/c1-25-14-8-7-11(9-15(14)26-2)10-16-18(24)21(19(27)28-16)20-17(23)12-5-3-4-6-13(12)22/h3-10,22H,1-2H3,(H,20,23). The lowest BCUT2D eigenvalue weighted by atomic mass is 10.2. The molecule has 0 unspecified atom stereocenters. The number of amides is 2. The summed E-state index contributed by atoms with van der Waals surface area (Å²) >= 11 is 6.27. The Balaban J connectivity index is 1.81. The lowest BCUT2D eigenvalue weighted by Gasteiger charge is -2.16. The Labute approximate surface area is 170 Å². The molecular weight excluding hydrogens is 400 g/mol. The van der Waals surface area contributed by atoms with Gasteiger partial charge in [-0.2, -0.15) is 5.01 Å². The van der Waals surface area contributed by atoms with Gasteiger partial charge in [-0.15, -0.1) is 0 Å². The van der Waals surface area contributed by atoms with E-state index >= 15 is 0 Å². The summed E-state index contributed by atoms with van der Waals surface area (Å²) in [6.45, 7) is 0. The fraction of sp³-hybridized carbons (Fsp3) is 0.105. The highest BCUT2D eigenvalue weighted by Crippen LogP contribution is 2.34. The highest BCUT2D eigenvalue weighted by atomic mass is 32.2. The van der Waals surface area contributed by atoms with Gasteiger partial charge in [0.15, 0.2) is 15.8 Å². The minimum absolute atomic E-state index is 0.0421. The lowest BCUT2D eigenvalue weighted by molar-refractivity contribution is -0.123. The molecule has 1 saturated heterocycles. The number of methoxy groups -OCH3 is 2. The van der Waals surface area contributed by atoms with Crippen molar-refractivity contribution in [1.29, 1.82) is 0 Å². The molecule has 0 saturated carbocycles. The molecule has 0 aliphatic carbocycles. The molecule has 28 heavy (non-hydrogen) atoms. The van der Waals surface area contributed by atoms with Crippen molar-refractivity contribution in [3.8, 4) is 17.2 Å². The summed E-state index contributed by atoms with van der Waals surface area (Å²) in [6, 6.07) is 11.3. The van der Waals surface area contributed by atoms with Crippen LogP contribution in [0.3, 0.4) is 0 Å². The van der Waals surface area contributed by atoms with Gasteiger partial charge < -0.3 is 14.6 Å². The third-order valence-electron chi connectivity index (χ3n) is 3.86. The fourth-order valence-corrected chi connectivity index (χ4v) is 3.66. The number of phenolic OH excluding ortho intramolecular Hbond substituents is 1. The molecule has 1 heterocycles. The molecule has 1 aliphatic rings. The Morgan fingerprint density at radius 3 is 2.57 bits per heavy atom. The first kappa shape index (κ1) is 19.7. The average molecular weight is 416 g/mol. The zero-order valence-electron chi connectivity index (χ0n) is 15.0. The Kier molecular flexibility index (Phi) is 5.86. The van der Waals surface area contributed by atoms with E-state index in [-0.39, 0.29) is 15.6 Å². The zero-order valence-corrected chi connectivity index (χ0v) is 16.6. The monoisotopic (exact) mass is 416 g/mol. The number of ether oxygens (including phenoxy) is 2. The van der Waals surface area contributed by atoms with E-state index < -0.39 is 11.8 Å². The molecule has 0 spiro atoms. The molecule has 7 nitrogen and oxygen atoms in total. The van der Waals surface area contributed by atoms with Gasteiger partial charge in [0.05, 0.1) is 24.7 Å². The molecule has 1 fully saturated rings. The van der Waals surface area contributed by atoms with Crippen molar-refractivity contribution in [2.24, 2.45) is 0 Å². The maximum atomic E-state index is 12.7. The SMILES string of the molecule is COc1ccc(C=C2SC(=S)N(NC(=O)c3ccccc3O)C2=O)cc1OC. The normalized spacial score (nSPS) is 15.1. The maximum Gasteiger partial charge on any atom is 0.285 e. The smallest absolute Gasteiger partial charge is 0.285 e. The molecule has 2 aromatic carbocycles. The summed E-state index contributed by atoms with van der Waals surface area (Å²) in [5.74, 6) is -0.191. The van der Waals surface area contributed by atoms with E-state index in [1.807, 2.05) is 0 Å². The second kappa shape index (κ2) is 8.32. The van der Waals surface area contributed by atoms with E-state index in [1.165, 1.54) is 26.4 Å². The number of hydrazine groups is 1. The van der Waals surface area contributed by atoms with E-state index in [2.05, 4.69) is 5.43 Å². The Morgan fingerprint density at radius 1 is 1.18 bits per heavy atom. The maximum absolute atomic E-state index is 12.7. The van der Waals surface area contributed by atoms with Crippen LogP contribution >= 0.6 is 24.0 Å². The number of rotatable bonds is 5. The Hall–Kier alpha value is -3.04.